The number of nitrogens with zero attached hydrogens (tertiary/aromatic N) is 1. The third kappa shape index (κ3) is 2.85. The fraction of sp³-hybridized carbons (Fsp3) is 0.375. The first-order valence-electron chi connectivity index (χ1n) is 3.70. The summed E-state index contributed by atoms with van der Waals surface area (Å²) >= 11 is 0. The predicted molar refractivity (Wildman–Crippen MR) is 49.1 cm³/mol. The number of hydrogen-bond donors (Lipinski definition) is 1. The molecular weight excluding hydrogens is 217 g/mol. The van der Waals surface area contributed by atoms with Crippen molar-refractivity contribution in [1.29, 1.82) is 0 Å². The molecule has 2 nitrogen and oxygen atoms in total. The van der Waals surface area contributed by atoms with Gasteiger partial charge in [-0.25, -0.2) is 0 Å². The Morgan fingerprint density at radius 2 is 2.00 bits per heavy atom. The van der Waals surface area contributed by atoms with Gasteiger partial charge in [-0.3, -0.25) is 4.98 Å². The molecule has 0 bridgehead atoms. The fourth-order valence-electron chi connectivity index (χ4n) is 1.02. The summed E-state index contributed by atoms with van der Waals surface area (Å²) in [7, 11) is 0. The molecule has 80 valence electrons. The van der Waals surface area contributed by atoms with Crippen molar-refractivity contribution in [2.75, 3.05) is 0 Å². The Hall–Kier alpha value is -0.810. The molecule has 0 aliphatic carbocycles. The zero-order valence-electron chi connectivity index (χ0n) is 7.38. The molecule has 1 atom stereocenters. The molecule has 0 radical (unpaired) electrons. The van der Waals surface area contributed by atoms with Gasteiger partial charge in [-0.15, -0.1) is 12.4 Å². The lowest BCUT2D eigenvalue weighted by Crippen LogP contribution is -2.16. The Morgan fingerprint density at radius 3 is 2.36 bits per heavy atom. The van der Waals surface area contributed by atoms with Gasteiger partial charge >= 0.3 is 6.18 Å². The number of nitrogens with two attached hydrogens (primary N) is 1. The van der Waals surface area contributed by atoms with Gasteiger partial charge in [0, 0.05) is 12.2 Å². The number of hydrogen-bond acceptors (Lipinski definition) is 2. The van der Waals surface area contributed by atoms with Crippen LogP contribution in [0.1, 0.15) is 24.2 Å². The molecule has 0 aromatic carbocycles. The molecule has 2 N–H and O–H groups in total. The Morgan fingerprint density at radius 1 is 1.43 bits per heavy atom. The molecule has 0 aliphatic heterocycles. The Balaban J connectivity index is 0.00000169. The van der Waals surface area contributed by atoms with E-state index in [0.717, 1.165) is 6.07 Å². The molecule has 1 unspecified atom stereocenters. The topological polar surface area (TPSA) is 38.9 Å². The number of rotatable bonds is 1. The van der Waals surface area contributed by atoms with Crippen molar-refractivity contribution >= 4 is 12.4 Å². The summed E-state index contributed by atoms with van der Waals surface area (Å²) in [6, 6.07) is 1.51. The summed E-state index contributed by atoms with van der Waals surface area (Å²) in [5, 5.41) is 0. The van der Waals surface area contributed by atoms with Crippen molar-refractivity contribution in [3.8, 4) is 0 Å². The van der Waals surface area contributed by atoms with Crippen LogP contribution in [-0.4, -0.2) is 4.98 Å². The molecule has 1 aromatic rings. The first-order valence-corrected chi connectivity index (χ1v) is 3.70. The molecule has 14 heavy (non-hydrogen) atoms. The summed E-state index contributed by atoms with van der Waals surface area (Å²) < 4.78 is 36.9. The van der Waals surface area contributed by atoms with Crippen molar-refractivity contribution in [3.63, 3.8) is 0 Å². The maximum absolute atomic E-state index is 12.3. The smallest absolute Gasteiger partial charge is 0.323 e. The normalized spacial score (nSPS) is 13.2. The van der Waals surface area contributed by atoms with Crippen LogP contribution < -0.4 is 5.73 Å². The highest BCUT2D eigenvalue weighted by Crippen LogP contribution is 2.32. The largest absolute Gasteiger partial charge is 0.418 e. The highest BCUT2D eigenvalue weighted by atomic mass is 35.5. The zero-order chi connectivity index (χ0) is 10.1. The van der Waals surface area contributed by atoms with Gasteiger partial charge in [0.1, 0.15) is 0 Å². The van der Waals surface area contributed by atoms with Gasteiger partial charge in [-0.05, 0) is 19.1 Å². The first kappa shape index (κ1) is 13.2. The predicted octanol–water partition coefficient (Wildman–Crippen LogP) is 2.54. The monoisotopic (exact) mass is 226 g/mol. The lowest BCUT2D eigenvalue weighted by Gasteiger charge is -2.13. The molecule has 0 saturated heterocycles. The maximum atomic E-state index is 12.3. The average Bonchev–Trinajstić information content (AvgIpc) is 2.03. The number of halogens is 4. The van der Waals surface area contributed by atoms with Crippen molar-refractivity contribution < 1.29 is 13.2 Å². The molecule has 0 spiro atoms. The van der Waals surface area contributed by atoms with Crippen LogP contribution in [0.3, 0.4) is 0 Å². The third-order valence-electron chi connectivity index (χ3n) is 1.58. The SMILES string of the molecule is CC(N)c1ncccc1C(F)(F)F.Cl. The van der Waals surface area contributed by atoms with E-state index in [2.05, 4.69) is 4.98 Å². The average molecular weight is 227 g/mol. The van der Waals surface area contributed by atoms with Crippen LogP contribution in [-0.2, 0) is 6.18 Å². The maximum Gasteiger partial charge on any atom is 0.418 e. The van der Waals surface area contributed by atoms with E-state index < -0.39 is 17.8 Å². The van der Waals surface area contributed by atoms with E-state index in [1.54, 1.807) is 0 Å². The minimum atomic E-state index is -4.38. The van der Waals surface area contributed by atoms with Crippen molar-refractivity contribution in [1.82, 2.24) is 4.98 Å². The van der Waals surface area contributed by atoms with Crippen LogP contribution in [0.5, 0.6) is 0 Å². The summed E-state index contributed by atoms with van der Waals surface area (Å²) in [5.74, 6) is 0. The van der Waals surface area contributed by atoms with Crippen LogP contribution >= 0.6 is 12.4 Å². The molecular formula is C8H10ClF3N2. The molecule has 0 saturated carbocycles. The molecule has 6 heteroatoms. The Labute approximate surface area is 85.7 Å². The lowest BCUT2D eigenvalue weighted by molar-refractivity contribution is -0.138. The zero-order valence-corrected chi connectivity index (χ0v) is 8.19. The summed E-state index contributed by atoms with van der Waals surface area (Å²) in [5.41, 5.74) is 4.47. The first-order chi connectivity index (χ1) is 5.93. The third-order valence-corrected chi connectivity index (χ3v) is 1.58. The standard InChI is InChI=1S/C8H9F3N2.ClH/c1-5(12)7-6(8(9,10)11)3-2-4-13-7;/h2-5H,12H2,1H3;1H. The van der Waals surface area contributed by atoms with Gasteiger partial charge in [-0.1, -0.05) is 0 Å². The summed E-state index contributed by atoms with van der Waals surface area (Å²) in [4.78, 5) is 3.60. The molecule has 1 aromatic heterocycles. The van der Waals surface area contributed by atoms with Crippen LogP contribution in [0.15, 0.2) is 18.3 Å². The number of alkyl halides is 3. The summed E-state index contributed by atoms with van der Waals surface area (Å²) in [6.45, 7) is 1.47. The van der Waals surface area contributed by atoms with Gasteiger partial charge in [0.2, 0.25) is 0 Å². The Bertz CT molecular complexity index is 299. The fourth-order valence-corrected chi connectivity index (χ4v) is 1.02. The molecule has 0 fully saturated rings. The molecule has 0 aliphatic rings. The quantitative estimate of drug-likeness (QED) is 0.799. The van der Waals surface area contributed by atoms with Crippen LogP contribution in [0.25, 0.3) is 0 Å². The van der Waals surface area contributed by atoms with Crippen LogP contribution in [0.2, 0.25) is 0 Å². The number of aromatic nitrogens is 1. The molecule has 1 rings (SSSR count). The van der Waals surface area contributed by atoms with Crippen molar-refractivity contribution in [2.45, 2.75) is 19.1 Å². The van der Waals surface area contributed by atoms with Crippen molar-refractivity contribution in [2.24, 2.45) is 5.73 Å². The second-order valence-corrected chi connectivity index (χ2v) is 2.72. The number of pyridine rings is 1. The van der Waals surface area contributed by atoms with E-state index in [-0.39, 0.29) is 18.1 Å². The van der Waals surface area contributed by atoms with Crippen LogP contribution in [0, 0.1) is 0 Å². The van der Waals surface area contributed by atoms with E-state index in [1.807, 2.05) is 0 Å². The summed E-state index contributed by atoms with van der Waals surface area (Å²) in [6.07, 6.45) is -3.08. The highest BCUT2D eigenvalue weighted by molar-refractivity contribution is 5.85. The van der Waals surface area contributed by atoms with E-state index >= 15 is 0 Å². The van der Waals surface area contributed by atoms with E-state index in [9.17, 15) is 13.2 Å². The van der Waals surface area contributed by atoms with Gasteiger partial charge in [0.25, 0.3) is 0 Å². The van der Waals surface area contributed by atoms with E-state index in [1.165, 1.54) is 19.2 Å². The Kier molecular flexibility index (Phi) is 4.35. The molecule has 1 heterocycles. The van der Waals surface area contributed by atoms with E-state index in [0.29, 0.717) is 0 Å². The highest BCUT2D eigenvalue weighted by Gasteiger charge is 2.34. The lowest BCUT2D eigenvalue weighted by atomic mass is 10.1. The van der Waals surface area contributed by atoms with Crippen LogP contribution in [0.4, 0.5) is 13.2 Å². The molecule has 0 amide bonds. The van der Waals surface area contributed by atoms with Crippen molar-refractivity contribution in [3.05, 3.63) is 29.6 Å². The second-order valence-electron chi connectivity index (χ2n) is 2.72. The second kappa shape index (κ2) is 4.61. The van der Waals surface area contributed by atoms with Gasteiger partial charge in [0.15, 0.2) is 0 Å². The van der Waals surface area contributed by atoms with Gasteiger partial charge in [-0.2, -0.15) is 13.2 Å². The van der Waals surface area contributed by atoms with Gasteiger partial charge < -0.3 is 5.73 Å². The van der Waals surface area contributed by atoms with Gasteiger partial charge in [0.05, 0.1) is 11.3 Å². The minimum Gasteiger partial charge on any atom is -0.323 e. The van der Waals surface area contributed by atoms with E-state index in [4.69, 9.17) is 5.73 Å². The minimum absolute atomic E-state index is 0.